The summed E-state index contributed by atoms with van der Waals surface area (Å²) in [4.78, 5) is 27.0. The number of aliphatic hydroxyl groups is 1. The number of aryl methyl sites for hydroxylation is 2. The highest BCUT2D eigenvalue weighted by molar-refractivity contribution is 6.51. The Kier molecular flexibility index (Phi) is 4.54. The maximum Gasteiger partial charge on any atom is 0.300 e. The second-order valence-corrected chi connectivity index (χ2v) is 6.96. The first kappa shape index (κ1) is 18.7. The first-order valence-electron chi connectivity index (χ1n) is 9.06. The molecule has 0 bridgehead atoms. The van der Waals surface area contributed by atoms with Gasteiger partial charge >= 0.3 is 0 Å². The molecule has 1 unspecified atom stereocenters. The van der Waals surface area contributed by atoms with Crippen molar-refractivity contribution < 1.29 is 23.5 Å². The van der Waals surface area contributed by atoms with Crippen molar-refractivity contribution in [3.8, 4) is 0 Å². The van der Waals surface area contributed by atoms with E-state index in [-0.39, 0.29) is 11.3 Å². The topological polar surface area (TPSA) is 70.8 Å². The van der Waals surface area contributed by atoms with Gasteiger partial charge in [-0.15, -0.1) is 0 Å². The van der Waals surface area contributed by atoms with Crippen LogP contribution in [0.25, 0.3) is 5.76 Å². The number of carbonyl (C=O) groups is 2. The number of hydrogen-bond donors (Lipinski definition) is 1. The van der Waals surface area contributed by atoms with Crippen LogP contribution in [-0.4, -0.2) is 16.8 Å². The Morgan fingerprint density at radius 3 is 2.38 bits per heavy atom. The van der Waals surface area contributed by atoms with Gasteiger partial charge in [0.15, 0.2) is 0 Å². The molecule has 29 heavy (non-hydrogen) atoms. The molecule has 1 fully saturated rings. The summed E-state index contributed by atoms with van der Waals surface area (Å²) in [5, 5.41) is 11.0. The molecule has 146 valence electrons. The summed E-state index contributed by atoms with van der Waals surface area (Å²) in [5.74, 6) is -2.07. The average Bonchev–Trinajstić information content (AvgIpc) is 3.32. The van der Waals surface area contributed by atoms with Gasteiger partial charge < -0.3 is 9.52 Å². The number of ketones is 1. The molecule has 1 aromatic heterocycles. The Hall–Kier alpha value is -3.67. The third-order valence-corrected chi connectivity index (χ3v) is 5.14. The number of rotatable bonds is 3. The number of anilines is 1. The summed E-state index contributed by atoms with van der Waals surface area (Å²) >= 11 is 0. The van der Waals surface area contributed by atoms with Crippen LogP contribution in [0.15, 0.2) is 70.9 Å². The van der Waals surface area contributed by atoms with Crippen molar-refractivity contribution in [3.05, 3.63) is 94.7 Å². The number of Topliss-reactive ketones (excluding diaryl/α,β-unsaturated/α-hetero) is 1. The Balaban J connectivity index is 1.92. The number of amides is 1. The van der Waals surface area contributed by atoms with E-state index in [1.54, 1.807) is 24.3 Å². The largest absolute Gasteiger partial charge is 0.507 e. The molecular weight excluding hydrogens is 373 g/mol. The summed E-state index contributed by atoms with van der Waals surface area (Å²) in [7, 11) is 0. The van der Waals surface area contributed by atoms with Gasteiger partial charge in [0.1, 0.15) is 23.4 Å². The first-order chi connectivity index (χ1) is 13.9. The lowest BCUT2D eigenvalue weighted by molar-refractivity contribution is -0.132. The van der Waals surface area contributed by atoms with Gasteiger partial charge in [-0.2, -0.15) is 0 Å². The number of nitrogens with zero attached hydrogens (tertiary/aromatic N) is 1. The Morgan fingerprint density at radius 2 is 1.76 bits per heavy atom. The van der Waals surface area contributed by atoms with Crippen molar-refractivity contribution in [2.24, 2.45) is 0 Å². The third kappa shape index (κ3) is 3.12. The van der Waals surface area contributed by atoms with Crippen LogP contribution in [-0.2, 0) is 9.59 Å². The van der Waals surface area contributed by atoms with Crippen molar-refractivity contribution in [3.63, 3.8) is 0 Å². The van der Waals surface area contributed by atoms with Crippen molar-refractivity contribution in [2.75, 3.05) is 4.90 Å². The fourth-order valence-corrected chi connectivity index (χ4v) is 3.46. The molecular formula is C23H18FNO4. The number of halogens is 1. The lowest BCUT2D eigenvalue weighted by atomic mass is 9.97. The minimum atomic E-state index is -0.961. The molecule has 1 aliphatic rings. The van der Waals surface area contributed by atoms with Crippen LogP contribution in [0.1, 0.15) is 28.5 Å². The van der Waals surface area contributed by atoms with E-state index in [2.05, 4.69) is 0 Å². The molecule has 5 nitrogen and oxygen atoms in total. The van der Waals surface area contributed by atoms with Crippen LogP contribution in [0.3, 0.4) is 0 Å². The molecule has 2 aromatic carbocycles. The van der Waals surface area contributed by atoms with Crippen molar-refractivity contribution in [2.45, 2.75) is 19.9 Å². The number of hydrogen-bond acceptors (Lipinski definition) is 4. The third-order valence-electron chi connectivity index (χ3n) is 5.14. The zero-order valence-corrected chi connectivity index (χ0v) is 15.8. The molecule has 3 aromatic rings. The molecule has 0 aliphatic carbocycles. The maximum atomic E-state index is 13.4. The molecule has 1 amide bonds. The van der Waals surface area contributed by atoms with Crippen molar-refractivity contribution in [1.82, 2.24) is 0 Å². The highest BCUT2D eigenvalue weighted by atomic mass is 19.1. The van der Waals surface area contributed by atoms with E-state index in [4.69, 9.17) is 4.42 Å². The lowest BCUT2D eigenvalue weighted by Gasteiger charge is -2.23. The molecule has 0 saturated carbocycles. The zero-order valence-electron chi connectivity index (χ0n) is 15.8. The van der Waals surface area contributed by atoms with Crippen LogP contribution >= 0.6 is 0 Å². The van der Waals surface area contributed by atoms with Crippen LogP contribution in [0.4, 0.5) is 10.1 Å². The van der Waals surface area contributed by atoms with Gasteiger partial charge in [-0.05, 0) is 67.4 Å². The number of aliphatic hydroxyl groups excluding tert-OH is 1. The first-order valence-corrected chi connectivity index (χ1v) is 9.06. The van der Waals surface area contributed by atoms with Crippen LogP contribution in [0.2, 0.25) is 0 Å². The standard InChI is InChI=1S/C23H18FNO4/c1-13-5-6-15(12-14(13)2)21(26)19-20(18-4-3-11-29-18)25(23(28)22(19)27)17-9-7-16(24)8-10-17/h3-12,20,26H,1-2H3/b21-19-. The minimum Gasteiger partial charge on any atom is -0.507 e. The minimum absolute atomic E-state index is 0.0717. The molecule has 1 saturated heterocycles. The maximum absolute atomic E-state index is 13.4. The van der Waals surface area contributed by atoms with Gasteiger partial charge in [-0.1, -0.05) is 12.1 Å². The number of carbonyl (C=O) groups excluding carboxylic acids is 2. The van der Waals surface area contributed by atoms with Crippen LogP contribution in [0, 0.1) is 19.7 Å². The van der Waals surface area contributed by atoms with Crippen LogP contribution < -0.4 is 4.90 Å². The van der Waals surface area contributed by atoms with Gasteiger partial charge in [0, 0.05) is 11.3 Å². The fraction of sp³-hybridized carbons (Fsp3) is 0.130. The molecule has 1 aliphatic heterocycles. The van der Waals surface area contributed by atoms with Crippen molar-refractivity contribution in [1.29, 1.82) is 0 Å². The summed E-state index contributed by atoms with van der Waals surface area (Å²) in [5.41, 5.74) is 2.67. The van der Waals surface area contributed by atoms with E-state index in [1.165, 1.54) is 35.4 Å². The smallest absolute Gasteiger partial charge is 0.300 e. The quantitative estimate of drug-likeness (QED) is 0.400. The molecule has 4 rings (SSSR count). The van der Waals surface area contributed by atoms with E-state index in [9.17, 15) is 19.1 Å². The summed E-state index contributed by atoms with van der Waals surface area (Å²) in [6.07, 6.45) is 1.43. The monoisotopic (exact) mass is 391 g/mol. The van der Waals surface area contributed by atoms with E-state index in [0.29, 0.717) is 17.0 Å². The lowest BCUT2D eigenvalue weighted by Crippen LogP contribution is -2.29. The second kappa shape index (κ2) is 7.05. The van der Waals surface area contributed by atoms with Gasteiger partial charge in [0.05, 0.1) is 11.8 Å². The highest BCUT2D eigenvalue weighted by Crippen LogP contribution is 2.42. The fourth-order valence-electron chi connectivity index (χ4n) is 3.46. The molecule has 2 heterocycles. The predicted molar refractivity (Wildman–Crippen MR) is 106 cm³/mol. The van der Waals surface area contributed by atoms with E-state index >= 15 is 0 Å². The average molecular weight is 391 g/mol. The Bertz CT molecular complexity index is 1130. The second-order valence-electron chi connectivity index (χ2n) is 6.96. The van der Waals surface area contributed by atoms with E-state index in [0.717, 1.165) is 11.1 Å². The summed E-state index contributed by atoms with van der Waals surface area (Å²) in [6, 6.07) is 12.8. The van der Waals surface area contributed by atoms with Gasteiger partial charge in [0.25, 0.3) is 11.7 Å². The molecule has 0 spiro atoms. The van der Waals surface area contributed by atoms with Gasteiger partial charge in [0.2, 0.25) is 0 Å². The molecule has 1 atom stereocenters. The number of furan rings is 1. The van der Waals surface area contributed by atoms with Gasteiger partial charge in [-0.3, -0.25) is 14.5 Å². The van der Waals surface area contributed by atoms with Gasteiger partial charge in [-0.25, -0.2) is 4.39 Å². The van der Waals surface area contributed by atoms with Crippen LogP contribution in [0.5, 0.6) is 0 Å². The predicted octanol–water partition coefficient (Wildman–Crippen LogP) is 4.66. The van der Waals surface area contributed by atoms with E-state index in [1.807, 2.05) is 19.9 Å². The molecule has 6 heteroatoms. The molecule has 1 N–H and O–H groups in total. The zero-order chi connectivity index (χ0) is 20.7. The Labute approximate surface area is 166 Å². The van der Waals surface area contributed by atoms with E-state index < -0.39 is 23.5 Å². The van der Waals surface area contributed by atoms with Crippen molar-refractivity contribution >= 4 is 23.1 Å². The SMILES string of the molecule is Cc1ccc(/C(O)=C2/C(=O)C(=O)N(c3ccc(F)cc3)C2c2ccco2)cc1C. The summed E-state index contributed by atoms with van der Waals surface area (Å²) in [6.45, 7) is 3.84. The summed E-state index contributed by atoms with van der Waals surface area (Å²) < 4.78 is 18.9. The Morgan fingerprint density at radius 1 is 1.03 bits per heavy atom. The highest BCUT2D eigenvalue weighted by Gasteiger charge is 2.48. The molecule has 0 radical (unpaired) electrons. The number of benzene rings is 2. The normalized spacial score (nSPS) is 18.4.